The van der Waals surface area contributed by atoms with Crippen molar-refractivity contribution >= 4 is 22.8 Å². The number of hydrogen-bond donors (Lipinski definition) is 2. The number of carbonyl (C=O) groups is 1. The summed E-state index contributed by atoms with van der Waals surface area (Å²) in [5.41, 5.74) is 3.08. The molecule has 0 bridgehead atoms. The molecule has 2 heterocycles. The molecule has 26 heavy (non-hydrogen) atoms. The summed E-state index contributed by atoms with van der Waals surface area (Å²) < 4.78 is 0. The van der Waals surface area contributed by atoms with Crippen molar-refractivity contribution in [3.8, 4) is 11.3 Å². The summed E-state index contributed by atoms with van der Waals surface area (Å²) in [5, 5.41) is 19.0. The number of nitrogens with zero attached hydrogens (tertiary/aromatic N) is 3. The Balaban J connectivity index is 1.94. The predicted molar refractivity (Wildman–Crippen MR) is 99.4 cm³/mol. The van der Waals surface area contributed by atoms with E-state index in [-0.39, 0.29) is 18.2 Å². The summed E-state index contributed by atoms with van der Waals surface area (Å²) in [6, 6.07) is 14.6. The molecule has 2 aromatic carbocycles. The number of fused-ring (bicyclic) bond motifs is 1. The fourth-order valence-corrected chi connectivity index (χ4v) is 3.47. The zero-order chi connectivity index (χ0) is 18.1. The minimum Gasteiger partial charge on any atom is -0.478 e. The Kier molecular flexibility index (Phi) is 4.26. The predicted octanol–water partition coefficient (Wildman–Crippen LogP) is 2.96. The third kappa shape index (κ3) is 2.88. The molecule has 1 aromatic heterocycles. The van der Waals surface area contributed by atoms with E-state index in [1.807, 2.05) is 30.3 Å². The highest BCUT2D eigenvalue weighted by Gasteiger charge is 2.28. The van der Waals surface area contributed by atoms with E-state index < -0.39 is 5.97 Å². The number of aliphatic hydroxyl groups excluding tert-OH is 1. The molecule has 0 spiro atoms. The molecule has 132 valence electrons. The van der Waals surface area contributed by atoms with Crippen molar-refractivity contribution in [2.75, 3.05) is 18.1 Å². The molecule has 1 fully saturated rings. The molecule has 6 nitrogen and oxygen atoms in total. The summed E-state index contributed by atoms with van der Waals surface area (Å²) in [6.07, 6.45) is 1.88. The van der Waals surface area contributed by atoms with Gasteiger partial charge in [-0.3, -0.25) is 0 Å². The first-order valence-corrected chi connectivity index (χ1v) is 8.65. The molecular formula is C20H19N3O3. The van der Waals surface area contributed by atoms with Gasteiger partial charge in [0.15, 0.2) is 5.82 Å². The van der Waals surface area contributed by atoms with E-state index in [9.17, 15) is 15.0 Å². The van der Waals surface area contributed by atoms with Crippen LogP contribution < -0.4 is 4.90 Å². The molecule has 1 saturated heterocycles. The van der Waals surface area contributed by atoms with Gasteiger partial charge in [0, 0.05) is 12.1 Å². The van der Waals surface area contributed by atoms with Crippen molar-refractivity contribution in [2.45, 2.75) is 18.9 Å². The Morgan fingerprint density at radius 1 is 1.12 bits per heavy atom. The highest BCUT2D eigenvalue weighted by atomic mass is 16.4. The monoisotopic (exact) mass is 349 g/mol. The second-order valence-electron chi connectivity index (χ2n) is 6.44. The van der Waals surface area contributed by atoms with E-state index >= 15 is 0 Å². The van der Waals surface area contributed by atoms with Crippen LogP contribution in [0.1, 0.15) is 23.2 Å². The van der Waals surface area contributed by atoms with Crippen LogP contribution in [0, 0.1) is 0 Å². The maximum atomic E-state index is 11.3. The topological polar surface area (TPSA) is 86.5 Å². The number of aromatic nitrogens is 2. The minimum atomic E-state index is -0.989. The molecule has 1 aliphatic heterocycles. The summed E-state index contributed by atoms with van der Waals surface area (Å²) in [7, 11) is 0. The summed E-state index contributed by atoms with van der Waals surface area (Å²) in [5.74, 6) is -0.292. The highest BCUT2D eigenvalue weighted by Crippen LogP contribution is 2.34. The Morgan fingerprint density at radius 2 is 1.92 bits per heavy atom. The number of carboxylic acid groups (broad SMARTS) is 1. The van der Waals surface area contributed by atoms with Gasteiger partial charge < -0.3 is 15.1 Å². The van der Waals surface area contributed by atoms with E-state index in [2.05, 4.69) is 4.90 Å². The molecular weight excluding hydrogens is 330 g/mol. The summed E-state index contributed by atoms with van der Waals surface area (Å²) in [6.45, 7) is 0.854. The van der Waals surface area contributed by atoms with Crippen LogP contribution in [0.25, 0.3) is 22.3 Å². The molecule has 0 aliphatic carbocycles. The number of benzene rings is 2. The van der Waals surface area contributed by atoms with Gasteiger partial charge in [0.1, 0.15) is 5.69 Å². The molecule has 0 amide bonds. The van der Waals surface area contributed by atoms with Crippen LogP contribution in [-0.2, 0) is 0 Å². The van der Waals surface area contributed by atoms with E-state index in [1.165, 1.54) is 0 Å². The van der Waals surface area contributed by atoms with Gasteiger partial charge in [-0.1, -0.05) is 30.3 Å². The van der Waals surface area contributed by atoms with Gasteiger partial charge in [-0.15, -0.1) is 0 Å². The van der Waals surface area contributed by atoms with Crippen LogP contribution in [0.5, 0.6) is 0 Å². The van der Waals surface area contributed by atoms with Gasteiger partial charge in [-0.25, -0.2) is 14.8 Å². The summed E-state index contributed by atoms with van der Waals surface area (Å²) in [4.78, 5) is 22.9. The van der Waals surface area contributed by atoms with Crippen LogP contribution in [-0.4, -0.2) is 45.3 Å². The molecule has 1 unspecified atom stereocenters. The van der Waals surface area contributed by atoms with Crippen molar-refractivity contribution in [1.82, 2.24) is 9.97 Å². The first kappa shape index (κ1) is 16.5. The lowest BCUT2D eigenvalue weighted by atomic mass is 10.1. The molecule has 0 saturated carbocycles. The number of anilines is 1. The number of hydrogen-bond acceptors (Lipinski definition) is 5. The SMILES string of the molecule is O=C(O)c1ccc2nc(-c3ccccc3)c(N3CCCC3CO)nc2c1. The second-order valence-corrected chi connectivity index (χ2v) is 6.44. The number of aliphatic hydroxyl groups is 1. The maximum absolute atomic E-state index is 11.3. The van der Waals surface area contributed by atoms with E-state index in [4.69, 9.17) is 9.97 Å². The molecule has 1 aliphatic rings. The van der Waals surface area contributed by atoms with Gasteiger partial charge in [0.2, 0.25) is 0 Å². The van der Waals surface area contributed by atoms with Crippen LogP contribution >= 0.6 is 0 Å². The first-order valence-electron chi connectivity index (χ1n) is 8.65. The van der Waals surface area contributed by atoms with Crippen LogP contribution in [0.15, 0.2) is 48.5 Å². The molecule has 3 aromatic rings. The average Bonchev–Trinajstić information content (AvgIpc) is 3.15. The van der Waals surface area contributed by atoms with Gasteiger partial charge in [-0.2, -0.15) is 0 Å². The molecule has 1 atom stereocenters. The third-order valence-electron chi connectivity index (χ3n) is 4.80. The lowest BCUT2D eigenvalue weighted by Gasteiger charge is -2.26. The third-order valence-corrected chi connectivity index (χ3v) is 4.80. The van der Waals surface area contributed by atoms with Crippen LogP contribution in [0.3, 0.4) is 0 Å². The first-order chi connectivity index (χ1) is 12.7. The maximum Gasteiger partial charge on any atom is 0.335 e. The van der Waals surface area contributed by atoms with Crippen molar-refractivity contribution in [3.63, 3.8) is 0 Å². The average molecular weight is 349 g/mol. The lowest BCUT2D eigenvalue weighted by molar-refractivity contribution is 0.0697. The molecule has 2 N–H and O–H groups in total. The Morgan fingerprint density at radius 3 is 2.65 bits per heavy atom. The van der Waals surface area contributed by atoms with E-state index in [1.54, 1.807) is 18.2 Å². The number of aromatic carboxylic acids is 1. The van der Waals surface area contributed by atoms with Crippen molar-refractivity contribution in [3.05, 3.63) is 54.1 Å². The Hall–Kier alpha value is -2.99. The molecule has 6 heteroatoms. The van der Waals surface area contributed by atoms with Gasteiger partial charge in [-0.05, 0) is 31.0 Å². The van der Waals surface area contributed by atoms with Gasteiger partial charge >= 0.3 is 5.97 Å². The fraction of sp³-hybridized carbons (Fsp3) is 0.250. The van der Waals surface area contributed by atoms with Crippen LogP contribution in [0.4, 0.5) is 5.82 Å². The van der Waals surface area contributed by atoms with Crippen molar-refractivity contribution < 1.29 is 15.0 Å². The number of rotatable bonds is 4. The van der Waals surface area contributed by atoms with Gasteiger partial charge in [0.25, 0.3) is 0 Å². The quantitative estimate of drug-likeness (QED) is 0.753. The van der Waals surface area contributed by atoms with Crippen molar-refractivity contribution in [2.24, 2.45) is 0 Å². The second kappa shape index (κ2) is 6.72. The fourth-order valence-electron chi connectivity index (χ4n) is 3.47. The lowest BCUT2D eigenvalue weighted by Crippen LogP contribution is -2.33. The minimum absolute atomic E-state index is 0.00636. The van der Waals surface area contributed by atoms with Gasteiger partial charge in [0.05, 0.1) is 29.2 Å². The zero-order valence-electron chi connectivity index (χ0n) is 14.2. The zero-order valence-corrected chi connectivity index (χ0v) is 14.2. The molecule has 0 radical (unpaired) electrons. The normalized spacial score (nSPS) is 17.0. The van der Waals surface area contributed by atoms with Crippen molar-refractivity contribution in [1.29, 1.82) is 0 Å². The summed E-state index contributed by atoms with van der Waals surface area (Å²) >= 11 is 0. The largest absolute Gasteiger partial charge is 0.478 e. The Bertz CT molecular complexity index is 959. The van der Waals surface area contributed by atoms with E-state index in [0.717, 1.165) is 30.6 Å². The van der Waals surface area contributed by atoms with Crippen LogP contribution in [0.2, 0.25) is 0 Å². The highest BCUT2D eigenvalue weighted by molar-refractivity contribution is 5.93. The Labute approximate surface area is 150 Å². The molecule has 4 rings (SSSR count). The number of carboxylic acids is 1. The smallest absolute Gasteiger partial charge is 0.335 e. The standard InChI is InChI=1S/C20H19N3O3/c24-12-15-7-4-10-23(15)19-18(13-5-2-1-3-6-13)21-16-9-8-14(20(25)26)11-17(16)22-19/h1-3,5-6,8-9,11,15,24H,4,7,10,12H2,(H,25,26). The van der Waals surface area contributed by atoms with E-state index in [0.29, 0.717) is 16.9 Å².